The van der Waals surface area contributed by atoms with Gasteiger partial charge in [0.15, 0.2) is 0 Å². The Morgan fingerprint density at radius 2 is 1.68 bits per heavy atom. The minimum atomic E-state index is 0.845. The first-order valence-electron chi connectivity index (χ1n) is 8.37. The van der Waals surface area contributed by atoms with Crippen molar-refractivity contribution in [1.82, 2.24) is 9.80 Å². The summed E-state index contributed by atoms with van der Waals surface area (Å²) in [5.74, 6) is 1.86. The zero-order valence-corrected chi connectivity index (χ0v) is 13.0. The second kappa shape index (κ2) is 7.61. The van der Waals surface area contributed by atoms with E-state index in [9.17, 15) is 0 Å². The lowest BCUT2D eigenvalue weighted by atomic mass is 9.78. The van der Waals surface area contributed by atoms with Crippen LogP contribution in [-0.2, 0) is 0 Å². The molecule has 2 aliphatic rings. The molecule has 19 heavy (non-hydrogen) atoms. The summed E-state index contributed by atoms with van der Waals surface area (Å²) >= 11 is 0. The average molecular weight is 267 g/mol. The van der Waals surface area contributed by atoms with Gasteiger partial charge in [-0.3, -0.25) is 4.90 Å². The fourth-order valence-electron chi connectivity index (χ4n) is 3.68. The molecular formula is C16H33N3. The summed E-state index contributed by atoms with van der Waals surface area (Å²) in [6, 6.07) is 0.873. The van der Waals surface area contributed by atoms with Crippen molar-refractivity contribution < 1.29 is 0 Å². The van der Waals surface area contributed by atoms with Gasteiger partial charge in [-0.25, -0.2) is 0 Å². The molecule has 0 aromatic heterocycles. The zero-order chi connectivity index (χ0) is 13.7. The fraction of sp³-hybridized carbons (Fsp3) is 1.00. The first-order chi connectivity index (χ1) is 9.20. The second-order valence-electron chi connectivity index (χ2n) is 6.79. The molecule has 2 rings (SSSR count). The normalized spacial score (nSPS) is 34.6. The van der Waals surface area contributed by atoms with Crippen LogP contribution in [0, 0.1) is 11.8 Å². The number of nitrogens with zero attached hydrogens (tertiary/aromatic N) is 2. The lowest BCUT2D eigenvalue weighted by Crippen LogP contribution is -2.51. The Labute approximate surface area is 119 Å². The van der Waals surface area contributed by atoms with Crippen LogP contribution in [0.25, 0.3) is 0 Å². The van der Waals surface area contributed by atoms with Crippen LogP contribution >= 0.6 is 0 Å². The van der Waals surface area contributed by atoms with E-state index < -0.39 is 0 Å². The monoisotopic (exact) mass is 267 g/mol. The van der Waals surface area contributed by atoms with Gasteiger partial charge in [-0.05, 0) is 57.0 Å². The Balaban J connectivity index is 1.68. The molecule has 112 valence electrons. The molecule has 2 N–H and O–H groups in total. The lowest BCUT2D eigenvalue weighted by molar-refractivity contribution is 0.0566. The van der Waals surface area contributed by atoms with Gasteiger partial charge in [0.25, 0.3) is 0 Å². The van der Waals surface area contributed by atoms with E-state index in [1.54, 1.807) is 0 Å². The number of hydrogen-bond acceptors (Lipinski definition) is 3. The molecule has 0 spiro atoms. The quantitative estimate of drug-likeness (QED) is 0.775. The number of rotatable bonds is 5. The molecule has 3 heteroatoms. The smallest absolute Gasteiger partial charge is 0.0113 e. The molecule has 1 saturated heterocycles. The first-order valence-corrected chi connectivity index (χ1v) is 8.37. The van der Waals surface area contributed by atoms with Crippen molar-refractivity contribution in [2.24, 2.45) is 17.6 Å². The minimum absolute atomic E-state index is 0.845. The van der Waals surface area contributed by atoms with E-state index in [2.05, 4.69) is 23.6 Å². The molecule has 1 heterocycles. The average Bonchev–Trinajstić information content (AvgIpc) is 2.43. The summed E-state index contributed by atoms with van der Waals surface area (Å²) < 4.78 is 0. The fourth-order valence-corrected chi connectivity index (χ4v) is 3.68. The van der Waals surface area contributed by atoms with Gasteiger partial charge in [0.2, 0.25) is 0 Å². The van der Waals surface area contributed by atoms with E-state index in [1.807, 2.05) is 0 Å². The maximum absolute atomic E-state index is 5.56. The van der Waals surface area contributed by atoms with Crippen molar-refractivity contribution in [2.45, 2.75) is 52.0 Å². The molecule has 0 radical (unpaired) electrons. The summed E-state index contributed by atoms with van der Waals surface area (Å²) in [5, 5.41) is 0. The summed E-state index contributed by atoms with van der Waals surface area (Å²) in [6.07, 6.45) is 6.74. The summed E-state index contributed by atoms with van der Waals surface area (Å²) in [7, 11) is 0. The van der Waals surface area contributed by atoms with Crippen LogP contribution in [0.4, 0.5) is 0 Å². The van der Waals surface area contributed by atoms with E-state index in [1.165, 1.54) is 64.8 Å². The van der Waals surface area contributed by atoms with Crippen LogP contribution in [-0.4, -0.2) is 55.1 Å². The number of piperazine rings is 1. The molecule has 3 nitrogen and oxygen atoms in total. The molecule has 0 bridgehead atoms. The van der Waals surface area contributed by atoms with E-state index in [0.717, 1.165) is 24.4 Å². The van der Waals surface area contributed by atoms with Crippen molar-refractivity contribution in [1.29, 1.82) is 0 Å². The second-order valence-corrected chi connectivity index (χ2v) is 6.79. The first kappa shape index (κ1) is 15.3. The van der Waals surface area contributed by atoms with Crippen LogP contribution in [0.2, 0.25) is 0 Å². The predicted molar refractivity (Wildman–Crippen MR) is 82.3 cm³/mol. The Hall–Kier alpha value is -0.120. The van der Waals surface area contributed by atoms with Gasteiger partial charge >= 0.3 is 0 Å². The topological polar surface area (TPSA) is 32.5 Å². The Morgan fingerprint density at radius 1 is 0.947 bits per heavy atom. The Morgan fingerprint density at radius 3 is 2.32 bits per heavy atom. The highest BCUT2D eigenvalue weighted by molar-refractivity contribution is 4.84. The molecule has 1 aliphatic carbocycles. The molecule has 1 aliphatic heterocycles. The van der Waals surface area contributed by atoms with Gasteiger partial charge < -0.3 is 10.6 Å². The van der Waals surface area contributed by atoms with Gasteiger partial charge in [-0.15, -0.1) is 0 Å². The van der Waals surface area contributed by atoms with Crippen LogP contribution in [0.1, 0.15) is 46.0 Å². The maximum atomic E-state index is 5.56. The molecular weight excluding hydrogens is 234 g/mol. The summed E-state index contributed by atoms with van der Waals surface area (Å²) in [5.41, 5.74) is 5.56. The zero-order valence-electron chi connectivity index (χ0n) is 13.0. The van der Waals surface area contributed by atoms with E-state index in [4.69, 9.17) is 5.73 Å². The van der Waals surface area contributed by atoms with E-state index in [0.29, 0.717) is 0 Å². The van der Waals surface area contributed by atoms with Crippen molar-refractivity contribution in [2.75, 3.05) is 39.3 Å². The maximum Gasteiger partial charge on any atom is 0.0113 e. The molecule has 0 aromatic carbocycles. The van der Waals surface area contributed by atoms with Crippen molar-refractivity contribution in [3.63, 3.8) is 0 Å². The number of nitrogens with two attached hydrogens (primary N) is 1. The predicted octanol–water partition coefficient (Wildman–Crippen LogP) is 2.17. The van der Waals surface area contributed by atoms with Crippen LogP contribution in [0.5, 0.6) is 0 Å². The van der Waals surface area contributed by atoms with Crippen LogP contribution in [0.15, 0.2) is 0 Å². The highest BCUT2D eigenvalue weighted by atomic mass is 15.3. The van der Waals surface area contributed by atoms with Gasteiger partial charge in [0, 0.05) is 32.2 Å². The highest BCUT2D eigenvalue weighted by Gasteiger charge is 2.30. The SMILES string of the molecule is CC1CCC(N2CCN(CCCCN)CC2)CC1C. The Kier molecular flexibility index (Phi) is 6.11. The largest absolute Gasteiger partial charge is 0.330 e. The van der Waals surface area contributed by atoms with Crippen molar-refractivity contribution >= 4 is 0 Å². The third-order valence-corrected chi connectivity index (χ3v) is 5.42. The van der Waals surface area contributed by atoms with Gasteiger partial charge in [-0.2, -0.15) is 0 Å². The molecule has 0 amide bonds. The van der Waals surface area contributed by atoms with E-state index >= 15 is 0 Å². The van der Waals surface area contributed by atoms with Crippen molar-refractivity contribution in [3.05, 3.63) is 0 Å². The van der Waals surface area contributed by atoms with Crippen LogP contribution in [0.3, 0.4) is 0 Å². The van der Waals surface area contributed by atoms with Gasteiger partial charge in [0.1, 0.15) is 0 Å². The number of hydrogen-bond donors (Lipinski definition) is 1. The van der Waals surface area contributed by atoms with Crippen molar-refractivity contribution in [3.8, 4) is 0 Å². The standard InChI is InChI=1S/C16H33N3/c1-14-5-6-16(13-15(14)2)19-11-9-18(10-12-19)8-4-3-7-17/h14-16H,3-13,17H2,1-2H3. The number of unbranched alkanes of at least 4 members (excludes halogenated alkanes) is 1. The minimum Gasteiger partial charge on any atom is -0.330 e. The molecule has 2 fully saturated rings. The Bertz CT molecular complexity index is 248. The molecule has 0 aromatic rings. The van der Waals surface area contributed by atoms with Crippen LogP contribution < -0.4 is 5.73 Å². The summed E-state index contributed by atoms with van der Waals surface area (Å²) in [6.45, 7) is 12.1. The third kappa shape index (κ3) is 4.44. The van der Waals surface area contributed by atoms with E-state index in [-0.39, 0.29) is 0 Å². The highest BCUT2D eigenvalue weighted by Crippen LogP contribution is 2.32. The molecule has 3 atom stereocenters. The molecule has 3 unspecified atom stereocenters. The van der Waals surface area contributed by atoms with Gasteiger partial charge in [-0.1, -0.05) is 13.8 Å². The lowest BCUT2D eigenvalue weighted by Gasteiger charge is -2.43. The molecule has 1 saturated carbocycles. The third-order valence-electron chi connectivity index (χ3n) is 5.42. The summed E-state index contributed by atoms with van der Waals surface area (Å²) in [4.78, 5) is 5.39. The van der Waals surface area contributed by atoms with Gasteiger partial charge in [0.05, 0.1) is 0 Å².